The molecule has 0 saturated heterocycles. The lowest BCUT2D eigenvalue weighted by Gasteiger charge is -2.12. The van der Waals surface area contributed by atoms with Crippen LogP contribution in [0.5, 0.6) is 0 Å². The third-order valence-electron chi connectivity index (χ3n) is 2.57. The molecule has 1 atom stereocenters. The lowest BCUT2D eigenvalue weighted by atomic mass is 10.0. The zero-order chi connectivity index (χ0) is 13.1. The fraction of sp³-hybridized carbons (Fsp3) is 0.154. The van der Waals surface area contributed by atoms with Crippen molar-refractivity contribution in [2.24, 2.45) is 0 Å². The maximum absolute atomic E-state index is 13.8. The molecule has 5 heteroatoms. The third-order valence-corrected chi connectivity index (χ3v) is 4.02. The van der Waals surface area contributed by atoms with Gasteiger partial charge in [0, 0.05) is 22.8 Å². The molecule has 0 amide bonds. The van der Waals surface area contributed by atoms with Gasteiger partial charge in [0.2, 0.25) is 0 Å². The van der Waals surface area contributed by atoms with Crippen LogP contribution in [0.3, 0.4) is 0 Å². The number of hydrogen-bond donors (Lipinski definition) is 0. The molecule has 2 aromatic rings. The number of alkyl halides is 1. The van der Waals surface area contributed by atoms with Crippen LogP contribution in [0.25, 0.3) is 0 Å². The normalized spacial score (nSPS) is 12.4. The van der Waals surface area contributed by atoms with Gasteiger partial charge in [-0.3, -0.25) is 4.98 Å². The standard InChI is InChI=1S/C13H9BrCl2FN/c14-10(6-8-4-5-18-7-12(8)16)9-2-1-3-11(15)13(9)17/h1-5,7,10H,6H2. The maximum atomic E-state index is 13.8. The van der Waals surface area contributed by atoms with Crippen molar-refractivity contribution in [3.63, 3.8) is 0 Å². The molecule has 0 fully saturated rings. The Kier molecular flexibility index (Phi) is 4.60. The molecular formula is C13H9BrCl2FN. The van der Waals surface area contributed by atoms with E-state index in [-0.39, 0.29) is 9.85 Å². The SMILES string of the molecule is Fc1c(Cl)cccc1C(Br)Cc1ccncc1Cl. The van der Waals surface area contributed by atoms with Gasteiger partial charge in [0.1, 0.15) is 5.82 Å². The molecule has 94 valence electrons. The van der Waals surface area contributed by atoms with E-state index in [1.165, 1.54) is 6.07 Å². The first kappa shape index (κ1) is 13.8. The van der Waals surface area contributed by atoms with Crippen LogP contribution in [0.2, 0.25) is 10.0 Å². The number of halogens is 4. The number of hydrogen-bond acceptors (Lipinski definition) is 1. The molecule has 0 radical (unpaired) electrons. The molecule has 0 aliphatic heterocycles. The quantitative estimate of drug-likeness (QED) is 0.694. The highest BCUT2D eigenvalue weighted by atomic mass is 79.9. The summed E-state index contributed by atoms with van der Waals surface area (Å²) in [5, 5.41) is 0.696. The molecule has 0 spiro atoms. The summed E-state index contributed by atoms with van der Waals surface area (Å²) in [5.74, 6) is -0.397. The fourth-order valence-corrected chi connectivity index (χ4v) is 2.72. The first-order chi connectivity index (χ1) is 8.59. The molecule has 1 unspecified atom stereocenters. The number of benzene rings is 1. The van der Waals surface area contributed by atoms with Gasteiger partial charge < -0.3 is 0 Å². The second-order valence-corrected chi connectivity index (χ2v) is 5.70. The van der Waals surface area contributed by atoms with E-state index < -0.39 is 5.82 Å². The van der Waals surface area contributed by atoms with Gasteiger partial charge in [0.05, 0.1) is 10.0 Å². The molecule has 0 aliphatic rings. The second kappa shape index (κ2) is 6.00. The van der Waals surface area contributed by atoms with Gasteiger partial charge in [0.15, 0.2) is 0 Å². The van der Waals surface area contributed by atoms with Crippen LogP contribution in [-0.4, -0.2) is 4.98 Å². The van der Waals surface area contributed by atoms with E-state index in [1.54, 1.807) is 24.5 Å². The zero-order valence-electron chi connectivity index (χ0n) is 9.21. The van der Waals surface area contributed by atoms with Crippen LogP contribution < -0.4 is 0 Å². The Balaban J connectivity index is 2.25. The minimum Gasteiger partial charge on any atom is -0.263 e. The van der Waals surface area contributed by atoms with Crippen LogP contribution in [-0.2, 0) is 6.42 Å². The maximum Gasteiger partial charge on any atom is 0.146 e. The topological polar surface area (TPSA) is 12.9 Å². The zero-order valence-corrected chi connectivity index (χ0v) is 12.3. The molecule has 1 aromatic carbocycles. The highest BCUT2D eigenvalue weighted by molar-refractivity contribution is 9.09. The lowest BCUT2D eigenvalue weighted by Crippen LogP contribution is -2.00. The molecule has 0 saturated carbocycles. The summed E-state index contributed by atoms with van der Waals surface area (Å²) in [6.07, 6.45) is 3.80. The summed E-state index contributed by atoms with van der Waals surface area (Å²) in [4.78, 5) is 3.73. The molecule has 1 nitrogen and oxygen atoms in total. The van der Waals surface area contributed by atoms with Crippen molar-refractivity contribution < 1.29 is 4.39 Å². The Hall–Kier alpha value is -0.640. The molecule has 0 bridgehead atoms. The first-order valence-electron chi connectivity index (χ1n) is 5.26. The molecule has 1 aromatic heterocycles. The Bertz CT molecular complexity index is 562. The minimum absolute atomic E-state index is 0.123. The van der Waals surface area contributed by atoms with Crippen molar-refractivity contribution in [1.82, 2.24) is 4.98 Å². The first-order valence-corrected chi connectivity index (χ1v) is 6.93. The van der Waals surface area contributed by atoms with Crippen LogP contribution in [0, 0.1) is 5.82 Å². The van der Waals surface area contributed by atoms with Crippen LogP contribution in [0.4, 0.5) is 4.39 Å². The Labute approximate surface area is 123 Å². The smallest absolute Gasteiger partial charge is 0.146 e. The molecule has 0 aliphatic carbocycles. The van der Waals surface area contributed by atoms with Crippen LogP contribution in [0.1, 0.15) is 16.0 Å². The Morgan fingerprint density at radius 2 is 2.00 bits per heavy atom. The molecular weight excluding hydrogens is 340 g/mol. The van der Waals surface area contributed by atoms with E-state index in [2.05, 4.69) is 20.9 Å². The fourth-order valence-electron chi connectivity index (χ4n) is 1.63. The third kappa shape index (κ3) is 3.02. The van der Waals surface area contributed by atoms with Gasteiger partial charge in [-0.2, -0.15) is 0 Å². The van der Waals surface area contributed by atoms with Gasteiger partial charge in [-0.1, -0.05) is 51.3 Å². The van der Waals surface area contributed by atoms with E-state index >= 15 is 0 Å². The molecule has 0 N–H and O–H groups in total. The van der Waals surface area contributed by atoms with E-state index in [1.807, 2.05) is 6.07 Å². The van der Waals surface area contributed by atoms with E-state index in [4.69, 9.17) is 23.2 Å². The summed E-state index contributed by atoms with van der Waals surface area (Å²) in [6.45, 7) is 0. The van der Waals surface area contributed by atoms with Crippen LogP contribution >= 0.6 is 39.1 Å². The highest BCUT2D eigenvalue weighted by Crippen LogP contribution is 2.33. The van der Waals surface area contributed by atoms with Gasteiger partial charge in [-0.15, -0.1) is 0 Å². The van der Waals surface area contributed by atoms with Crippen molar-refractivity contribution in [2.75, 3.05) is 0 Å². The number of nitrogens with zero attached hydrogens (tertiary/aromatic N) is 1. The summed E-state index contributed by atoms with van der Waals surface area (Å²) >= 11 is 15.2. The van der Waals surface area contributed by atoms with Crippen molar-refractivity contribution in [1.29, 1.82) is 0 Å². The predicted octanol–water partition coefficient (Wildman–Crippen LogP) is 5.21. The molecule has 2 rings (SSSR count). The van der Waals surface area contributed by atoms with Gasteiger partial charge in [0.25, 0.3) is 0 Å². The monoisotopic (exact) mass is 347 g/mol. The van der Waals surface area contributed by atoms with Crippen molar-refractivity contribution in [3.05, 3.63) is 63.6 Å². The van der Waals surface area contributed by atoms with Crippen molar-refractivity contribution in [3.8, 4) is 0 Å². The number of pyridine rings is 1. The van der Waals surface area contributed by atoms with E-state index in [0.29, 0.717) is 17.0 Å². The summed E-state index contributed by atoms with van der Waals surface area (Å²) in [7, 11) is 0. The minimum atomic E-state index is -0.397. The summed E-state index contributed by atoms with van der Waals surface area (Å²) in [6, 6.07) is 6.78. The molecule has 18 heavy (non-hydrogen) atoms. The largest absolute Gasteiger partial charge is 0.263 e. The van der Waals surface area contributed by atoms with Crippen molar-refractivity contribution in [2.45, 2.75) is 11.2 Å². The highest BCUT2D eigenvalue weighted by Gasteiger charge is 2.16. The number of aromatic nitrogens is 1. The predicted molar refractivity (Wildman–Crippen MR) is 76.0 cm³/mol. The van der Waals surface area contributed by atoms with E-state index in [9.17, 15) is 4.39 Å². The number of rotatable bonds is 3. The Morgan fingerprint density at radius 1 is 1.22 bits per heavy atom. The van der Waals surface area contributed by atoms with Gasteiger partial charge in [-0.05, 0) is 24.1 Å². The van der Waals surface area contributed by atoms with Crippen molar-refractivity contribution >= 4 is 39.1 Å². The Morgan fingerprint density at radius 3 is 2.72 bits per heavy atom. The molecule has 1 heterocycles. The van der Waals surface area contributed by atoms with Gasteiger partial charge >= 0.3 is 0 Å². The van der Waals surface area contributed by atoms with Gasteiger partial charge in [-0.25, -0.2) is 4.39 Å². The summed E-state index contributed by atoms with van der Waals surface area (Å²) < 4.78 is 13.8. The average molecular weight is 349 g/mol. The second-order valence-electron chi connectivity index (χ2n) is 3.78. The van der Waals surface area contributed by atoms with E-state index in [0.717, 1.165) is 5.56 Å². The lowest BCUT2D eigenvalue weighted by molar-refractivity contribution is 0.608. The van der Waals surface area contributed by atoms with Crippen LogP contribution in [0.15, 0.2) is 36.7 Å². The summed E-state index contributed by atoms with van der Waals surface area (Å²) in [5.41, 5.74) is 1.43. The average Bonchev–Trinajstić information content (AvgIpc) is 2.35.